The monoisotopic (exact) mass is 311 g/mol. The van der Waals surface area contributed by atoms with Gasteiger partial charge in [-0.1, -0.05) is 17.7 Å². The van der Waals surface area contributed by atoms with Crippen molar-refractivity contribution in [3.05, 3.63) is 28.8 Å². The van der Waals surface area contributed by atoms with Gasteiger partial charge in [-0.2, -0.15) is 0 Å². The highest BCUT2D eigenvalue weighted by Crippen LogP contribution is 2.41. The first-order valence-electron chi connectivity index (χ1n) is 7.46. The second-order valence-corrected chi connectivity index (χ2v) is 6.60. The minimum absolute atomic E-state index is 0.0119. The van der Waals surface area contributed by atoms with Gasteiger partial charge in [0.25, 0.3) is 0 Å². The van der Waals surface area contributed by atoms with Gasteiger partial charge in [-0.3, -0.25) is 0 Å². The number of aryl methyl sites for hydroxylation is 1. The van der Waals surface area contributed by atoms with Gasteiger partial charge >= 0.3 is 6.89 Å². The lowest BCUT2D eigenvalue weighted by Gasteiger charge is -2.37. The van der Waals surface area contributed by atoms with Crippen molar-refractivity contribution in [2.24, 2.45) is 0 Å². The van der Waals surface area contributed by atoms with E-state index in [4.69, 9.17) is 30.3 Å². The molecule has 0 amide bonds. The van der Waals surface area contributed by atoms with Crippen LogP contribution in [0.15, 0.2) is 18.2 Å². The molecule has 0 spiro atoms. The fourth-order valence-corrected chi connectivity index (χ4v) is 3.94. The number of halogens is 1. The van der Waals surface area contributed by atoms with E-state index >= 15 is 0 Å². The predicted molar refractivity (Wildman–Crippen MR) is 79.1 cm³/mol. The van der Waals surface area contributed by atoms with E-state index in [1.807, 2.05) is 25.1 Å². The van der Waals surface area contributed by atoms with Crippen LogP contribution in [0.3, 0.4) is 0 Å². The Labute approximate surface area is 129 Å². The van der Waals surface area contributed by atoms with Crippen molar-refractivity contribution in [1.82, 2.24) is 0 Å². The van der Waals surface area contributed by atoms with Crippen LogP contribution in [0.4, 0.5) is 0 Å². The number of benzene rings is 1. The summed E-state index contributed by atoms with van der Waals surface area (Å²) >= 11 is 6.16. The Morgan fingerprint density at radius 2 is 2.10 bits per heavy atom. The lowest BCUT2D eigenvalue weighted by molar-refractivity contribution is -0.816. The maximum absolute atomic E-state index is 6.16. The molecule has 0 aromatic heterocycles. The molecule has 114 valence electrons. The summed E-state index contributed by atoms with van der Waals surface area (Å²) in [6, 6.07) is 5.77. The summed E-state index contributed by atoms with van der Waals surface area (Å²) in [5, 5.41) is 0.628. The van der Waals surface area contributed by atoms with E-state index in [1.165, 1.54) is 0 Å². The zero-order valence-electron chi connectivity index (χ0n) is 12.1. The summed E-state index contributed by atoms with van der Waals surface area (Å²) < 4.78 is 24.4. The molecule has 3 saturated heterocycles. The summed E-state index contributed by atoms with van der Waals surface area (Å²) in [5.41, 5.74) is 1.12. The van der Waals surface area contributed by atoms with Gasteiger partial charge < -0.3 is 23.1 Å². The Morgan fingerprint density at radius 3 is 2.81 bits per heavy atom. The molecule has 1 aromatic rings. The molecule has 0 aliphatic carbocycles. The zero-order chi connectivity index (χ0) is 14.5. The lowest BCUT2D eigenvalue weighted by atomic mass is 9.94. The molecule has 0 N–H and O–H groups in total. The van der Waals surface area contributed by atoms with Crippen molar-refractivity contribution >= 4 is 18.5 Å². The molecule has 3 fully saturated rings. The van der Waals surface area contributed by atoms with E-state index in [2.05, 4.69) is 0 Å². The molecule has 0 bridgehead atoms. The first-order chi connectivity index (χ1) is 10.1. The average Bonchev–Trinajstić information content (AvgIpc) is 3.00. The van der Waals surface area contributed by atoms with Crippen LogP contribution in [0.2, 0.25) is 5.02 Å². The van der Waals surface area contributed by atoms with Crippen molar-refractivity contribution in [2.75, 3.05) is 39.5 Å². The highest BCUT2D eigenvalue weighted by Gasteiger charge is 2.66. The quantitative estimate of drug-likeness (QED) is 0.797. The maximum Gasteiger partial charge on any atom is 0.625 e. The van der Waals surface area contributed by atoms with Crippen LogP contribution >= 0.6 is 11.6 Å². The Morgan fingerprint density at radius 1 is 1.33 bits per heavy atom. The van der Waals surface area contributed by atoms with Gasteiger partial charge in [0.05, 0.1) is 37.9 Å². The average molecular weight is 312 g/mol. The van der Waals surface area contributed by atoms with E-state index in [9.17, 15) is 0 Å². The van der Waals surface area contributed by atoms with Crippen LogP contribution in [0, 0.1) is 6.92 Å². The molecule has 0 radical (unpaired) electrons. The molecule has 4 rings (SSSR count). The number of ether oxygens (including phenoxy) is 1. The first-order valence-corrected chi connectivity index (χ1v) is 7.84. The summed E-state index contributed by atoms with van der Waals surface area (Å²) in [5.74, 6) is 0.708. The van der Waals surface area contributed by atoms with Gasteiger partial charge in [-0.15, -0.1) is 0 Å². The zero-order valence-corrected chi connectivity index (χ0v) is 12.8. The largest absolute Gasteiger partial charge is 0.625 e. The highest BCUT2D eigenvalue weighted by molar-refractivity contribution is 6.54. The van der Waals surface area contributed by atoms with Crippen LogP contribution in [-0.2, 0) is 14.0 Å². The van der Waals surface area contributed by atoms with E-state index in [1.54, 1.807) is 0 Å². The molecular formula is C14H19BClNO4. The maximum atomic E-state index is 6.16. The number of quaternary nitrogens is 1. The molecule has 0 unspecified atom stereocenters. The predicted octanol–water partition coefficient (Wildman–Crippen LogP) is 1.74. The minimum atomic E-state index is -1.60. The topological polar surface area (TPSA) is 36.9 Å². The van der Waals surface area contributed by atoms with Crippen molar-refractivity contribution in [1.29, 1.82) is 0 Å². The first kappa shape index (κ1) is 13.8. The molecule has 1 aromatic carbocycles. The van der Waals surface area contributed by atoms with Gasteiger partial charge in [0.1, 0.15) is 18.5 Å². The van der Waals surface area contributed by atoms with Gasteiger partial charge in [-0.05, 0) is 24.6 Å². The summed E-state index contributed by atoms with van der Waals surface area (Å²) in [6.45, 7) is 5.17. The van der Waals surface area contributed by atoms with Crippen molar-refractivity contribution in [3.63, 3.8) is 0 Å². The normalized spacial score (nSPS) is 37.5. The van der Waals surface area contributed by atoms with Crippen LogP contribution in [0.25, 0.3) is 0 Å². The Balaban J connectivity index is 1.45. The lowest BCUT2D eigenvalue weighted by Crippen LogP contribution is -2.59. The smallest absolute Gasteiger partial charge is 0.489 e. The Kier molecular flexibility index (Phi) is 3.21. The molecule has 1 atom stereocenters. The molecule has 3 heterocycles. The van der Waals surface area contributed by atoms with Crippen LogP contribution in [0.5, 0.6) is 5.75 Å². The third-order valence-corrected chi connectivity index (χ3v) is 5.16. The number of nitrogens with zero attached hydrogens (tertiary/aromatic N) is 1. The molecule has 0 saturated carbocycles. The van der Waals surface area contributed by atoms with Crippen LogP contribution < -0.4 is 4.74 Å². The molecular weight excluding hydrogens is 292 g/mol. The molecule has 3 aliphatic rings. The molecule has 21 heavy (non-hydrogen) atoms. The number of rotatable bonds is 3. The molecule has 3 aliphatic heterocycles. The van der Waals surface area contributed by atoms with Crippen LogP contribution in [-0.4, -0.2) is 56.8 Å². The Bertz CT molecular complexity index is 540. The summed E-state index contributed by atoms with van der Waals surface area (Å²) in [4.78, 5) is 0. The number of hydrogen-bond donors (Lipinski definition) is 0. The minimum Gasteiger partial charge on any atom is -0.489 e. The summed E-state index contributed by atoms with van der Waals surface area (Å²) in [7, 11) is 0. The van der Waals surface area contributed by atoms with Gasteiger partial charge in [0, 0.05) is 0 Å². The third kappa shape index (κ3) is 2.09. The standard InChI is InChI=1S/C14H19BClNO4/c1-11-2-3-13(16)14(8-11)18-10-12-9-17-4-6-19-15(17,21-12)20-7-5-17/h2-3,8,12H,4-7,9-10H2,1H3/t12-,15?,17?/m1/s1. The molecule has 5 nitrogen and oxygen atoms in total. The van der Waals surface area contributed by atoms with Crippen molar-refractivity contribution < 1.29 is 23.1 Å². The second kappa shape index (κ2) is 4.86. The number of hydrogen-bond acceptors (Lipinski definition) is 4. The van der Waals surface area contributed by atoms with Gasteiger partial charge in [-0.25, -0.2) is 0 Å². The van der Waals surface area contributed by atoms with Crippen molar-refractivity contribution in [2.45, 2.75) is 13.0 Å². The fourth-order valence-electron chi connectivity index (χ4n) is 3.77. The Hall–Kier alpha value is -0.785. The third-order valence-electron chi connectivity index (χ3n) is 4.84. The van der Waals surface area contributed by atoms with E-state index in [0.29, 0.717) is 17.4 Å². The van der Waals surface area contributed by atoms with E-state index < -0.39 is 6.89 Å². The highest BCUT2D eigenvalue weighted by atomic mass is 35.5. The second-order valence-electron chi connectivity index (χ2n) is 6.20. The summed E-state index contributed by atoms with van der Waals surface area (Å²) in [6.07, 6.45) is -0.0119. The van der Waals surface area contributed by atoms with E-state index in [-0.39, 0.29) is 6.10 Å². The van der Waals surface area contributed by atoms with E-state index in [0.717, 1.165) is 42.8 Å². The fraction of sp³-hybridized carbons (Fsp3) is 0.571. The molecule has 7 heteroatoms. The van der Waals surface area contributed by atoms with Gasteiger partial charge in [0.2, 0.25) is 0 Å². The van der Waals surface area contributed by atoms with Crippen LogP contribution in [0.1, 0.15) is 5.56 Å². The SMILES string of the molecule is Cc1ccc(Cl)c(OC[C@H]2C[N+]34CCO[B-]3(OCC4)O2)c1. The van der Waals surface area contributed by atoms with Gasteiger partial charge in [0.15, 0.2) is 0 Å². The van der Waals surface area contributed by atoms with Crippen molar-refractivity contribution in [3.8, 4) is 5.75 Å².